The van der Waals surface area contributed by atoms with E-state index in [0.29, 0.717) is 5.88 Å². The summed E-state index contributed by atoms with van der Waals surface area (Å²) >= 11 is 1.36. The highest BCUT2D eigenvalue weighted by Gasteiger charge is 2.16. The average molecular weight is 317 g/mol. The third-order valence-electron chi connectivity index (χ3n) is 2.70. The molecule has 1 N–H and O–H groups in total. The Hall–Kier alpha value is -1.96. The summed E-state index contributed by atoms with van der Waals surface area (Å²) in [6.45, 7) is 0.191. The van der Waals surface area contributed by atoms with Crippen LogP contribution in [0, 0.1) is 17.5 Å². The zero-order valence-corrected chi connectivity index (χ0v) is 12.5. The van der Waals surface area contributed by atoms with Crippen LogP contribution in [0.2, 0.25) is 0 Å². The van der Waals surface area contributed by atoms with Gasteiger partial charge in [0.05, 0.1) is 24.2 Å². The lowest BCUT2D eigenvalue weighted by atomic mass is 10.2. The van der Waals surface area contributed by atoms with E-state index in [4.69, 9.17) is 4.74 Å². The molecule has 0 aliphatic heterocycles. The van der Waals surface area contributed by atoms with E-state index in [0.717, 1.165) is 22.1 Å². The monoisotopic (exact) mass is 317 g/mol. The summed E-state index contributed by atoms with van der Waals surface area (Å²) in [6, 6.07) is 2.02. The fraction of sp³-hybridized carbons (Fsp3) is 0.308. The second-order valence-corrected chi connectivity index (χ2v) is 5.46. The van der Waals surface area contributed by atoms with Crippen molar-refractivity contribution in [2.75, 3.05) is 31.4 Å². The van der Waals surface area contributed by atoms with Crippen LogP contribution in [-0.4, -0.2) is 26.2 Å². The molecule has 4 nitrogen and oxygen atoms in total. The van der Waals surface area contributed by atoms with Gasteiger partial charge in [-0.1, -0.05) is 11.3 Å². The van der Waals surface area contributed by atoms with E-state index >= 15 is 0 Å². The van der Waals surface area contributed by atoms with Crippen LogP contribution < -0.4 is 15.0 Å². The predicted molar refractivity (Wildman–Crippen MR) is 76.6 cm³/mol. The summed E-state index contributed by atoms with van der Waals surface area (Å²) in [5.41, 5.74) is -0.115. The highest BCUT2D eigenvalue weighted by Crippen LogP contribution is 2.31. The normalized spacial score (nSPS) is 10.6. The Bertz CT molecular complexity index is 646. The fourth-order valence-electron chi connectivity index (χ4n) is 1.63. The van der Waals surface area contributed by atoms with Crippen LogP contribution in [-0.2, 0) is 6.54 Å². The smallest absolute Gasteiger partial charge is 0.231 e. The minimum Gasteiger partial charge on any atom is -0.480 e. The molecule has 0 saturated heterocycles. The molecule has 0 bridgehead atoms. The van der Waals surface area contributed by atoms with Crippen molar-refractivity contribution in [3.8, 4) is 5.88 Å². The second kappa shape index (κ2) is 6.21. The Morgan fingerprint density at radius 3 is 2.57 bits per heavy atom. The maximum atomic E-state index is 13.6. The van der Waals surface area contributed by atoms with Gasteiger partial charge in [0, 0.05) is 14.1 Å². The molecule has 114 valence electrons. The molecule has 1 heterocycles. The topological polar surface area (TPSA) is 37.4 Å². The number of ether oxygens (including phenoxy) is 1. The summed E-state index contributed by atoms with van der Waals surface area (Å²) in [7, 11) is 5.16. The molecule has 0 atom stereocenters. The van der Waals surface area contributed by atoms with Gasteiger partial charge in [0.2, 0.25) is 5.88 Å². The van der Waals surface area contributed by atoms with Gasteiger partial charge < -0.3 is 15.0 Å². The number of nitrogens with one attached hydrogen (secondary N) is 1. The van der Waals surface area contributed by atoms with Gasteiger partial charge in [0.15, 0.2) is 22.6 Å². The molecule has 8 heteroatoms. The van der Waals surface area contributed by atoms with Crippen LogP contribution in [0.15, 0.2) is 12.1 Å². The largest absolute Gasteiger partial charge is 0.480 e. The van der Waals surface area contributed by atoms with Gasteiger partial charge in [-0.05, 0) is 12.1 Å². The molecule has 0 saturated carbocycles. The highest BCUT2D eigenvalue weighted by molar-refractivity contribution is 7.15. The van der Waals surface area contributed by atoms with E-state index < -0.39 is 17.5 Å². The number of aromatic nitrogens is 1. The molecule has 1 aromatic carbocycles. The minimum absolute atomic E-state index is 0.115. The summed E-state index contributed by atoms with van der Waals surface area (Å²) in [4.78, 5) is 6.79. The lowest BCUT2D eigenvalue weighted by Crippen LogP contribution is -2.07. The first kappa shape index (κ1) is 15.4. The van der Waals surface area contributed by atoms with Gasteiger partial charge in [-0.2, -0.15) is 4.98 Å². The lowest BCUT2D eigenvalue weighted by Gasteiger charge is -2.08. The minimum atomic E-state index is -1.50. The molecule has 0 spiro atoms. The van der Waals surface area contributed by atoms with Crippen LogP contribution in [0.25, 0.3) is 0 Å². The molecule has 2 aromatic rings. The molecule has 1 aromatic heterocycles. The standard InChI is InChI=1S/C13H14F3N3OS/c1-19(2)13-18-12(20-3)9(21-13)6-17-8-5-4-7(14)10(15)11(8)16/h4-5,17H,6H2,1-3H3. The van der Waals surface area contributed by atoms with Gasteiger partial charge >= 0.3 is 0 Å². The Morgan fingerprint density at radius 2 is 1.95 bits per heavy atom. The Balaban J connectivity index is 2.18. The fourth-order valence-corrected chi connectivity index (χ4v) is 2.52. The summed E-state index contributed by atoms with van der Waals surface area (Å²) in [6.07, 6.45) is 0. The van der Waals surface area contributed by atoms with Gasteiger partial charge in [-0.15, -0.1) is 0 Å². The molecule has 0 aliphatic carbocycles. The van der Waals surface area contributed by atoms with Crippen molar-refractivity contribution in [1.29, 1.82) is 0 Å². The number of hydrogen-bond acceptors (Lipinski definition) is 5. The number of rotatable bonds is 5. The zero-order valence-electron chi connectivity index (χ0n) is 11.7. The van der Waals surface area contributed by atoms with E-state index in [1.54, 1.807) is 0 Å². The lowest BCUT2D eigenvalue weighted by molar-refractivity contribution is 0.397. The van der Waals surface area contributed by atoms with Crippen LogP contribution >= 0.6 is 11.3 Å². The van der Waals surface area contributed by atoms with Crippen LogP contribution in [0.1, 0.15) is 4.88 Å². The van der Waals surface area contributed by atoms with Crippen molar-refractivity contribution >= 4 is 22.2 Å². The molecule has 21 heavy (non-hydrogen) atoms. The maximum Gasteiger partial charge on any atom is 0.231 e. The van der Waals surface area contributed by atoms with E-state index in [1.165, 1.54) is 18.4 Å². The van der Waals surface area contributed by atoms with E-state index in [9.17, 15) is 13.2 Å². The molecule has 0 radical (unpaired) electrons. The summed E-state index contributed by atoms with van der Waals surface area (Å²) in [5.74, 6) is -3.54. The number of halogens is 3. The number of thiazole rings is 1. The molecular weight excluding hydrogens is 303 g/mol. The van der Waals surface area contributed by atoms with Crippen molar-refractivity contribution in [2.24, 2.45) is 0 Å². The Morgan fingerprint density at radius 1 is 1.24 bits per heavy atom. The number of methoxy groups -OCH3 is 1. The highest BCUT2D eigenvalue weighted by atomic mass is 32.1. The SMILES string of the molecule is COc1nc(N(C)C)sc1CNc1ccc(F)c(F)c1F. The number of hydrogen-bond donors (Lipinski definition) is 1. The van der Waals surface area contributed by atoms with Crippen molar-refractivity contribution in [3.05, 3.63) is 34.5 Å². The zero-order chi connectivity index (χ0) is 15.6. The van der Waals surface area contributed by atoms with Crippen molar-refractivity contribution in [3.63, 3.8) is 0 Å². The van der Waals surface area contributed by atoms with Gasteiger partial charge in [0.1, 0.15) is 0 Å². The molecular formula is C13H14F3N3OS. The van der Waals surface area contributed by atoms with Gasteiger partial charge in [-0.3, -0.25) is 0 Å². The van der Waals surface area contributed by atoms with E-state index in [2.05, 4.69) is 10.3 Å². The second-order valence-electron chi connectivity index (χ2n) is 4.40. The number of anilines is 2. The van der Waals surface area contributed by atoms with Crippen LogP contribution in [0.4, 0.5) is 24.0 Å². The summed E-state index contributed by atoms with van der Waals surface area (Å²) < 4.78 is 44.7. The quantitative estimate of drug-likeness (QED) is 0.859. The van der Waals surface area contributed by atoms with Crippen molar-refractivity contribution in [1.82, 2.24) is 4.98 Å². The van der Waals surface area contributed by atoms with Crippen molar-refractivity contribution < 1.29 is 17.9 Å². The van der Waals surface area contributed by atoms with E-state index in [-0.39, 0.29) is 12.2 Å². The first-order valence-corrected chi connectivity index (χ1v) is 6.84. The third kappa shape index (κ3) is 3.21. The van der Waals surface area contributed by atoms with Gasteiger partial charge in [0.25, 0.3) is 0 Å². The number of benzene rings is 1. The maximum absolute atomic E-state index is 13.6. The molecule has 2 rings (SSSR count). The Kier molecular flexibility index (Phi) is 4.56. The first-order chi connectivity index (χ1) is 9.93. The van der Waals surface area contributed by atoms with Crippen LogP contribution in [0.5, 0.6) is 5.88 Å². The third-order valence-corrected chi connectivity index (χ3v) is 3.91. The summed E-state index contributed by atoms with van der Waals surface area (Å²) in [5, 5.41) is 3.45. The predicted octanol–water partition coefficient (Wildman–Crippen LogP) is 3.25. The van der Waals surface area contributed by atoms with E-state index in [1.807, 2.05) is 19.0 Å². The number of nitrogens with zero attached hydrogens (tertiary/aromatic N) is 2. The molecule has 0 aliphatic rings. The van der Waals surface area contributed by atoms with Crippen LogP contribution in [0.3, 0.4) is 0 Å². The van der Waals surface area contributed by atoms with Crippen molar-refractivity contribution in [2.45, 2.75) is 6.54 Å². The molecule has 0 unspecified atom stereocenters. The van der Waals surface area contributed by atoms with Gasteiger partial charge in [-0.25, -0.2) is 13.2 Å². The average Bonchev–Trinajstić information content (AvgIpc) is 2.87. The Labute approximate surface area is 124 Å². The molecule has 0 fully saturated rings. The molecule has 0 amide bonds. The first-order valence-electron chi connectivity index (χ1n) is 6.02.